The number of methoxy groups -OCH3 is 1. The number of ether oxygens (including phenoxy) is 2. The molecule has 170 valence electrons. The van der Waals surface area contributed by atoms with Crippen LogP contribution in [0.5, 0.6) is 11.5 Å². The van der Waals surface area contributed by atoms with Crippen molar-refractivity contribution in [1.82, 2.24) is 9.55 Å². The number of nitrogens with zero attached hydrogens (tertiary/aromatic N) is 2. The summed E-state index contributed by atoms with van der Waals surface area (Å²) in [6, 6.07) is 21.5. The molecule has 1 aromatic heterocycles. The van der Waals surface area contributed by atoms with Crippen molar-refractivity contribution < 1.29 is 9.47 Å². The molecule has 0 atom stereocenters. The Morgan fingerprint density at radius 3 is 2.48 bits per heavy atom. The van der Waals surface area contributed by atoms with E-state index in [0.29, 0.717) is 42.2 Å². The lowest BCUT2D eigenvalue weighted by Crippen LogP contribution is -2.24. The molecule has 0 aliphatic heterocycles. The fourth-order valence-electron chi connectivity index (χ4n) is 3.87. The Kier molecular flexibility index (Phi) is 6.78. The van der Waals surface area contributed by atoms with Crippen LogP contribution < -0.4 is 15.0 Å². The van der Waals surface area contributed by atoms with Gasteiger partial charge in [0, 0.05) is 12.1 Å². The Hall–Kier alpha value is -3.60. The van der Waals surface area contributed by atoms with Gasteiger partial charge in [0.1, 0.15) is 17.3 Å². The van der Waals surface area contributed by atoms with Gasteiger partial charge in [-0.15, -0.1) is 0 Å². The van der Waals surface area contributed by atoms with Crippen LogP contribution in [-0.2, 0) is 6.54 Å². The van der Waals surface area contributed by atoms with Crippen LogP contribution >= 0.6 is 0 Å². The number of rotatable bonds is 8. The molecule has 0 radical (unpaired) electrons. The number of hydrogen-bond acceptors (Lipinski definition) is 4. The zero-order chi connectivity index (χ0) is 23.4. The first-order chi connectivity index (χ1) is 16.0. The third kappa shape index (κ3) is 4.92. The summed E-state index contributed by atoms with van der Waals surface area (Å²) in [7, 11) is 1.64. The monoisotopic (exact) mass is 442 g/mol. The van der Waals surface area contributed by atoms with Gasteiger partial charge in [-0.25, -0.2) is 4.98 Å². The molecule has 4 aromatic rings. The summed E-state index contributed by atoms with van der Waals surface area (Å²) in [6.45, 7) is 7.44. The van der Waals surface area contributed by atoms with Crippen molar-refractivity contribution in [3.05, 3.63) is 88.2 Å². The van der Waals surface area contributed by atoms with Crippen molar-refractivity contribution in [3.63, 3.8) is 0 Å². The van der Waals surface area contributed by atoms with Crippen molar-refractivity contribution in [1.29, 1.82) is 0 Å². The van der Waals surface area contributed by atoms with E-state index >= 15 is 0 Å². The fraction of sp³-hybridized carbons (Fsp3) is 0.286. The number of hydrogen-bond donors (Lipinski definition) is 0. The van der Waals surface area contributed by atoms with Gasteiger partial charge in [0.05, 0.1) is 24.6 Å². The molecule has 0 aliphatic carbocycles. The van der Waals surface area contributed by atoms with Crippen LogP contribution in [0.4, 0.5) is 0 Å². The molecular weight excluding hydrogens is 412 g/mol. The quantitative estimate of drug-likeness (QED) is 0.315. The Labute approximate surface area is 194 Å². The van der Waals surface area contributed by atoms with Gasteiger partial charge in [-0.1, -0.05) is 38.1 Å². The highest BCUT2D eigenvalue weighted by atomic mass is 16.5. The minimum atomic E-state index is -0.0376. The van der Waals surface area contributed by atoms with E-state index in [-0.39, 0.29) is 5.56 Å². The average molecular weight is 443 g/mol. The molecule has 0 unspecified atom stereocenters. The van der Waals surface area contributed by atoms with Crippen LogP contribution in [-0.4, -0.2) is 23.3 Å². The summed E-state index contributed by atoms with van der Waals surface area (Å²) in [5.41, 5.74) is 3.90. The lowest BCUT2D eigenvalue weighted by atomic mass is 10.0. The van der Waals surface area contributed by atoms with E-state index in [1.54, 1.807) is 11.7 Å². The van der Waals surface area contributed by atoms with Gasteiger partial charge in [0.15, 0.2) is 0 Å². The maximum absolute atomic E-state index is 13.3. The molecule has 1 heterocycles. The van der Waals surface area contributed by atoms with E-state index < -0.39 is 0 Å². The highest BCUT2D eigenvalue weighted by Gasteiger charge is 2.13. The summed E-state index contributed by atoms with van der Waals surface area (Å²) in [6.07, 6.45) is 0.689. The molecule has 0 aliphatic rings. The van der Waals surface area contributed by atoms with Crippen molar-refractivity contribution in [3.8, 4) is 22.9 Å². The van der Waals surface area contributed by atoms with Gasteiger partial charge in [-0.2, -0.15) is 0 Å². The van der Waals surface area contributed by atoms with E-state index in [1.807, 2.05) is 48.5 Å². The number of aromatic nitrogens is 2. The Morgan fingerprint density at radius 1 is 1.00 bits per heavy atom. The van der Waals surface area contributed by atoms with Gasteiger partial charge >= 0.3 is 0 Å². The molecule has 5 heteroatoms. The first-order valence-electron chi connectivity index (χ1n) is 11.4. The molecule has 0 saturated heterocycles. The number of para-hydroxylation sites is 1. The summed E-state index contributed by atoms with van der Waals surface area (Å²) in [5, 5.41) is 0.621. The van der Waals surface area contributed by atoms with Gasteiger partial charge < -0.3 is 9.47 Å². The van der Waals surface area contributed by atoms with Crippen molar-refractivity contribution >= 4 is 10.9 Å². The van der Waals surface area contributed by atoms with Gasteiger partial charge in [0.25, 0.3) is 5.56 Å². The minimum Gasteiger partial charge on any atom is -0.497 e. The smallest absolute Gasteiger partial charge is 0.261 e. The topological polar surface area (TPSA) is 53.3 Å². The summed E-state index contributed by atoms with van der Waals surface area (Å²) in [4.78, 5) is 18.2. The Morgan fingerprint density at radius 2 is 1.76 bits per heavy atom. The predicted octanol–water partition coefficient (Wildman–Crippen LogP) is 5.97. The average Bonchev–Trinajstić information content (AvgIpc) is 2.83. The predicted molar refractivity (Wildman–Crippen MR) is 133 cm³/mol. The second-order valence-electron chi connectivity index (χ2n) is 8.52. The van der Waals surface area contributed by atoms with E-state index in [2.05, 4.69) is 39.0 Å². The first-order valence-corrected chi connectivity index (χ1v) is 11.4. The van der Waals surface area contributed by atoms with E-state index in [4.69, 9.17) is 14.5 Å². The molecule has 0 amide bonds. The SMILES string of the molecule is COc1ccc(-c2nc3ccccc3c(=O)n2CCCOc2cc(C(C)C)ccc2C)cc1. The highest BCUT2D eigenvalue weighted by Crippen LogP contribution is 2.25. The summed E-state index contributed by atoms with van der Waals surface area (Å²) in [5.74, 6) is 2.77. The van der Waals surface area contributed by atoms with Crippen molar-refractivity contribution in [2.75, 3.05) is 13.7 Å². The summed E-state index contributed by atoms with van der Waals surface area (Å²) >= 11 is 0. The molecule has 33 heavy (non-hydrogen) atoms. The zero-order valence-electron chi connectivity index (χ0n) is 19.7. The Balaban J connectivity index is 1.59. The molecule has 5 nitrogen and oxygen atoms in total. The largest absolute Gasteiger partial charge is 0.497 e. The molecule has 0 fully saturated rings. The van der Waals surface area contributed by atoms with Gasteiger partial charge in [-0.05, 0) is 72.9 Å². The van der Waals surface area contributed by atoms with Crippen molar-refractivity contribution in [2.45, 2.75) is 39.7 Å². The van der Waals surface area contributed by atoms with Crippen LogP contribution in [0.3, 0.4) is 0 Å². The van der Waals surface area contributed by atoms with Crippen LogP contribution in [0, 0.1) is 6.92 Å². The summed E-state index contributed by atoms with van der Waals surface area (Å²) < 4.78 is 13.1. The normalized spacial score (nSPS) is 11.2. The van der Waals surface area contributed by atoms with Crippen LogP contribution in [0.2, 0.25) is 0 Å². The second kappa shape index (κ2) is 9.90. The molecule has 0 spiro atoms. The number of aryl methyl sites for hydroxylation is 1. The molecule has 4 rings (SSSR count). The molecular formula is C28H30N2O3. The number of benzene rings is 3. The third-order valence-corrected chi connectivity index (χ3v) is 5.87. The lowest BCUT2D eigenvalue weighted by molar-refractivity contribution is 0.299. The highest BCUT2D eigenvalue weighted by molar-refractivity contribution is 5.79. The third-order valence-electron chi connectivity index (χ3n) is 5.87. The van der Waals surface area contributed by atoms with E-state index in [0.717, 1.165) is 22.6 Å². The van der Waals surface area contributed by atoms with Gasteiger partial charge in [0.2, 0.25) is 0 Å². The van der Waals surface area contributed by atoms with Gasteiger partial charge in [-0.3, -0.25) is 9.36 Å². The molecule has 0 saturated carbocycles. The van der Waals surface area contributed by atoms with Crippen LogP contribution in [0.25, 0.3) is 22.3 Å². The zero-order valence-corrected chi connectivity index (χ0v) is 19.7. The maximum Gasteiger partial charge on any atom is 0.261 e. The van der Waals surface area contributed by atoms with E-state index in [1.165, 1.54) is 5.56 Å². The second-order valence-corrected chi connectivity index (χ2v) is 8.52. The first kappa shape index (κ1) is 22.6. The van der Waals surface area contributed by atoms with E-state index in [9.17, 15) is 4.79 Å². The maximum atomic E-state index is 13.3. The Bertz CT molecular complexity index is 1310. The molecule has 0 bridgehead atoms. The number of fused-ring (bicyclic) bond motifs is 1. The fourth-order valence-corrected chi connectivity index (χ4v) is 3.87. The standard InChI is InChI=1S/C28H30N2O3/c1-19(2)22-11-10-20(3)26(18-22)33-17-7-16-30-27(21-12-14-23(32-4)15-13-21)29-25-9-6-5-8-24(25)28(30)31/h5-6,8-15,18-19H,7,16-17H2,1-4H3. The van der Waals surface area contributed by atoms with Crippen LogP contribution in [0.15, 0.2) is 71.5 Å². The minimum absolute atomic E-state index is 0.0376. The lowest BCUT2D eigenvalue weighted by Gasteiger charge is -2.15. The molecule has 0 N–H and O–H groups in total. The molecule has 3 aromatic carbocycles. The van der Waals surface area contributed by atoms with Crippen molar-refractivity contribution in [2.24, 2.45) is 0 Å². The van der Waals surface area contributed by atoms with Crippen LogP contribution in [0.1, 0.15) is 37.3 Å².